The predicted molar refractivity (Wildman–Crippen MR) is 49.5 cm³/mol. The van der Waals surface area contributed by atoms with E-state index in [4.69, 9.17) is 22.4 Å². The number of carboxylic acids is 1. The summed E-state index contributed by atoms with van der Waals surface area (Å²) < 4.78 is 0. The van der Waals surface area contributed by atoms with Crippen LogP contribution in [0.1, 0.15) is 10.4 Å². The first kappa shape index (κ1) is 10.3. The van der Waals surface area contributed by atoms with Crippen LogP contribution in [-0.2, 0) is 0 Å². The molecule has 0 bridgehead atoms. The van der Waals surface area contributed by atoms with Gasteiger partial charge in [0, 0.05) is 6.07 Å². The molecule has 0 aliphatic heterocycles. The van der Waals surface area contributed by atoms with Crippen LogP contribution in [0.2, 0.25) is 5.02 Å². The zero-order valence-corrected chi connectivity index (χ0v) is 7.49. The van der Waals surface area contributed by atoms with Gasteiger partial charge in [0.05, 0.1) is 15.5 Å². The topological polar surface area (TPSA) is 106 Å². The number of anilines is 1. The smallest absolute Gasteiger partial charge is 0.337 e. The largest absolute Gasteiger partial charge is 0.478 e. The van der Waals surface area contributed by atoms with E-state index in [1.807, 2.05) is 0 Å². The fraction of sp³-hybridized carbons (Fsp3) is 0. The van der Waals surface area contributed by atoms with Crippen LogP contribution in [0.25, 0.3) is 0 Å². The number of aromatic carboxylic acids is 1. The highest BCUT2D eigenvalue weighted by Gasteiger charge is 2.18. The molecule has 7 heteroatoms. The minimum atomic E-state index is -1.34. The van der Waals surface area contributed by atoms with Crippen molar-refractivity contribution in [2.45, 2.75) is 0 Å². The average molecular weight is 217 g/mol. The van der Waals surface area contributed by atoms with Gasteiger partial charge in [-0.25, -0.2) is 4.79 Å². The molecule has 14 heavy (non-hydrogen) atoms. The lowest BCUT2D eigenvalue weighted by Gasteiger charge is -2.01. The number of nitrogens with zero attached hydrogens (tertiary/aromatic N) is 1. The minimum Gasteiger partial charge on any atom is -0.478 e. The van der Waals surface area contributed by atoms with Crippen LogP contribution in [0, 0.1) is 10.1 Å². The molecule has 0 saturated carbocycles. The van der Waals surface area contributed by atoms with Crippen LogP contribution in [0.3, 0.4) is 0 Å². The van der Waals surface area contributed by atoms with Gasteiger partial charge in [-0.1, -0.05) is 11.6 Å². The third-order valence-corrected chi connectivity index (χ3v) is 1.86. The van der Waals surface area contributed by atoms with E-state index in [1.54, 1.807) is 0 Å². The average Bonchev–Trinajstić information content (AvgIpc) is 2.02. The first-order chi connectivity index (χ1) is 6.43. The van der Waals surface area contributed by atoms with Crippen LogP contribution in [0.4, 0.5) is 11.4 Å². The third-order valence-electron chi connectivity index (χ3n) is 1.54. The van der Waals surface area contributed by atoms with Gasteiger partial charge in [-0.15, -0.1) is 0 Å². The lowest BCUT2D eigenvalue weighted by atomic mass is 10.2. The molecular weight excluding hydrogens is 212 g/mol. The summed E-state index contributed by atoms with van der Waals surface area (Å²) in [6.45, 7) is 0. The zero-order chi connectivity index (χ0) is 10.9. The lowest BCUT2D eigenvalue weighted by Crippen LogP contribution is -2.02. The minimum absolute atomic E-state index is 0.124. The molecule has 0 amide bonds. The van der Waals surface area contributed by atoms with E-state index >= 15 is 0 Å². The Labute approximate surface area is 83.0 Å². The van der Waals surface area contributed by atoms with Gasteiger partial charge < -0.3 is 10.8 Å². The van der Waals surface area contributed by atoms with E-state index in [1.165, 1.54) is 0 Å². The Morgan fingerprint density at radius 1 is 1.57 bits per heavy atom. The first-order valence-electron chi connectivity index (χ1n) is 3.40. The summed E-state index contributed by atoms with van der Waals surface area (Å²) in [4.78, 5) is 20.2. The number of nitrogens with two attached hydrogens (primary N) is 1. The first-order valence-corrected chi connectivity index (χ1v) is 3.78. The van der Waals surface area contributed by atoms with Crippen molar-refractivity contribution in [3.8, 4) is 0 Å². The maximum Gasteiger partial charge on any atom is 0.337 e. The van der Waals surface area contributed by atoms with Crippen molar-refractivity contribution in [3.05, 3.63) is 32.8 Å². The number of nitro groups is 1. The Morgan fingerprint density at radius 2 is 2.14 bits per heavy atom. The molecule has 0 unspecified atom stereocenters. The number of hydrogen-bond acceptors (Lipinski definition) is 4. The van der Waals surface area contributed by atoms with Crippen LogP contribution >= 0.6 is 11.6 Å². The third kappa shape index (κ3) is 1.74. The normalized spacial score (nSPS) is 9.79. The highest BCUT2D eigenvalue weighted by molar-refractivity contribution is 6.34. The molecule has 3 N–H and O–H groups in total. The van der Waals surface area contributed by atoms with Gasteiger partial charge in [-0.3, -0.25) is 10.1 Å². The molecule has 0 fully saturated rings. The van der Waals surface area contributed by atoms with E-state index in [9.17, 15) is 14.9 Å². The molecule has 6 nitrogen and oxygen atoms in total. The van der Waals surface area contributed by atoms with Gasteiger partial charge in [0.2, 0.25) is 0 Å². The van der Waals surface area contributed by atoms with Crippen molar-refractivity contribution in [1.82, 2.24) is 0 Å². The molecule has 1 aromatic rings. The summed E-state index contributed by atoms with van der Waals surface area (Å²) in [6.07, 6.45) is 0. The number of nitrogen functional groups attached to an aromatic ring is 1. The summed E-state index contributed by atoms with van der Waals surface area (Å²) >= 11 is 5.52. The maximum absolute atomic E-state index is 10.6. The van der Waals surface area contributed by atoms with Crippen molar-refractivity contribution in [2.75, 3.05) is 5.73 Å². The molecule has 0 radical (unpaired) electrons. The summed E-state index contributed by atoms with van der Waals surface area (Å²) in [5.74, 6) is -1.34. The van der Waals surface area contributed by atoms with E-state index in [-0.39, 0.29) is 16.3 Å². The number of nitro benzene ring substituents is 1. The van der Waals surface area contributed by atoms with E-state index in [2.05, 4.69) is 0 Å². The van der Waals surface area contributed by atoms with Crippen molar-refractivity contribution < 1.29 is 14.8 Å². The zero-order valence-electron chi connectivity index (χ0n) is 6.73. The highest BCUT2D eigenvalue weighted by atomic mass is 35.5. The standard InChI is InChI=1S/C7H5ClN2O4/c8-4-2-5(9)6(10(13)14)1-3(4)7(11)12/h1-2H,9H2,(H,11,12). The SMILES string of the molecule is Nc1cc(Cl)c(C(=O)O)cc1[N+](=O)[O-]. The van der Waals surface area contributed by atoms with Gasteiger partial charge in [0.15, 0.2) is 0 Å². The maximum atomic E-state index is 10.6. The van der Waals surface area contributed by atoms with E-state index in [0.717, 1.165) is 12.1 Å². The molecule has 0 saturated heterocycles. The van der Waals surface area contributed by atoms with Crippen molar-refractivity contribution in [1.29, 1.82) is 0 Å². The van der Waals surface area contributed by atoms with Crippen molar-refractivity contribution in [2.24, 2.45) is 0 Å². The van der Waals surface area contributed by atoms with Gasteiger partial charge in [-0.05, 0) is 6.07 Å². The summed E-state index contributed by atoms with van der Waals surface area (Å²) in [5.41, 5.74) is 4.30. The molecule has 0 spiro atoms. The fourth-order valence-electron chi connectivity index (χ4n) is 0.899. The molecular formula is C7H5ClN2O4. The van der Waals surface area contributed by atoms with Crippen LogP contribution in [0.5, 0.6) is 0 Å². The van der Waals surface area contributed by atoms with Gasteiger partial charge in [0.25, 0.3) is 5.69 Å². The summed E-state index contributed by atoms with van der Waals surface area (Å²) in [7, 11) is 0. The molecule has 0 aliphatic rings. The fourth-order valence-corrected chi connectivity index (χ4v) is 1.15. The summed E-state index contributed by atoms with van der Waals surface area (Å²) in [5, 5.41) is 18.9. The van der Waals surface area contributed by atoms with E-state index in [0.29, 0.717) is 0 Å². The Hall–Kier alpha value is -1.82. The number of halogens is 1. The Kier molecular flexibility index (Phi) is 2.57. The highest BCUT2D eigenvalue weighted by Crippen LogP contribution is 2.28. The molecule has 0 atom stereocenters. The number of carboxylic acid groups (broad SMARTS) is 1. The van der Waals surface area contributed by atoms with Crippen LogP contribution in [-0.4, -0.2) is 16.0 Å². The predicted octanol–water partition coefficient (Wildman–Crippen LogP) is 1.53. The molecule has 1 aromatic carbocycles. The van der Waals surface area contributed by atoms with Gasteiger partial charge in [-0.2, -0.15) is 0 Å². The number of carbonyl (C=O) groups is 1. The summed E-state index contributed by atoms with van der Waals surface area (Å²) in [6, 6.07) is 1.88. The number of hydrogen-bond donors (Lipinski definition) is 2. The van der Waals surface area contributed by atoms with Crippen molar-refractivity contribution >= 4 is 28.9 Å². The second kappa shape index (κ2) is 3.51. The number of rotatable bonds is 2. The molecule has 0 heterocycles. The quantitative estimate of drug-likeness (QED) is 0.443. The Bertz CT molecular complexity index is 383. The lowest BCUT2D eigenvalue weighted by molar-refractivity contribution is -0.383. The number of benzene rings is 1. The molecule has 0 aromatic heterocycles. The monoisotopic (exact) mass is 216 g/mol. The van der Waals surface area contributed by atoms with E-state index < -0.39 is 16.6 Å². The second-order valence-corrected chi connectivity index (χ2v) is 2.86. The second-order valence-electron chi connectivity index (χ2n) is 2.45. The Morgan fingerprint density at radius 3 is 2.57 bits per heavy atom. The van der Waals surface area contributed by atoms with Crippen LogP contribution < -0.4 is 5.73 Å². The molecule has 74 valence electrons. The van der Waals surface area contributed by atoms with Gasteiger partial charge >= 0.3 is 5.97 Å². The van der Waals surface area contributed by atoms with Gasteiger partial charge in [0.1, 0.15) is 5.69 Å². The molecule has 1 rings (SSSR count). The molecule has 0 aliphatic carbocycles. The van der Waals surface area contributed by atoms with Crippen molar-refractivity contribution in [3.63, 3.8) is 0 Å². The Balaban J connectivity index is 3.42. The van der Waals surface area contributed by atoms with Crippen LogP contribution in [0.15, 0.2) is 12.1 Å².